The van der Waals surface area contributed by atoms with Gasteiger partial charge in [-0.2, -0.15) is 10.2 Å². The molecule has 2 N–H and O–H groups in total. The number of hydrazone groups is 1. The van der Waals surface area contributed by atoms with Crippen LogP contribution >= 0.6 is 0 Å². The van der Waals surface area contributed by atoms with Gasteiger partial charge in [0.15, 0.2) is 17.2 Å². The number of H-pyrrole nitrogens is 1. The van der Waals surface area contributed by atoms with Crippen LogP contribution in [0.5, 0.6) is 17.2 Å². The van der Waals surface area contributed by atoms with Gasteiger partial charge in [-0.15, -0.1) is 0 Å². The minimum absolute atomic E-state index is 0.323. The third kappa shape index (κ3) is 3.73. The molecule has 0 spiro atoms. The molecule has 0 unspecified atom stereocenters. The molecule has 8 nitrogen and oxygen atoms in total. The van der Waals surface area contributed by atoms with Crippen LogP contribution in [0.4, 0.5) is 0 Å². The third-order valence-electron chi connectivity index (χ3n) is 3.91. The fourth-order valence-electron chi connectivity index (χ4n) is 2.46. The smallest absolute Gasteiger partial charge is 0.291 e. The van der Waals surface area contributed by atoms with Crippen molar-refractivity contribution in [3.8, 4) is 17.2 Å². The number of nitrogens with zero attached hydrogens (tertiary/aromatic N) is 2. The number of benzene rings is 1. The van der Waals surface area contributed by atoms with E-state index in [-0.39, 0.29) is 5.91 Å². The van der Waals surface area contributed by atoms with Crippen molar-refractivity contribution in [2.24, 2.45) is 5.10 Å². The molecule has 1 aromatic carbocycles. The Morgan fingerprint density at radius 2 is 1.88 bits per heavy atom. The Labute approximate surface area is 145 Å². The standard InChI is InChI=1S/C17H20N4O4/c1-23-14-6-10(7-15(24-2)16(14)25-3)9-18-21-17(22)13-8-12(19-20-13)11-4-5-11/h6-9,11H,4-5H2,1-3H3,(H,19,20)(H,21,22)/b18-9-. The van der Waals surface area contributed by atoms with E-state index in [1.807, 2.05) is 0 Å². The van der Waals surface area contributed by atoms with E-state index >= 15 is 0 Å². The summed E-state index contributed by atoms with van der Waals surface area (Å²) in [4.78, 5) is 12.1. The molecular formula is C17H20N4O4. The van der Waals surface area contributed by atoms with Crippen LogP contribution < -0.4 is 19.6 Å². The summed E-state index contributed by atoms with van der Waals surface area (Å²) in [5.74, 6) is 1.66. The van der Waals surface area contributed by atoms with Crippen LogP contribution in [0.3, 0.4) is 0 Å². The molecule has 2 aromatic rings. The van der Waals surface area contributed by atoms with Crippen molar-refractivity contribution in [1.29, 1.82) is 0 Å². The van der Waals surface area contributed by atoms with Crippen molar-refractivity contribution < 1.29 is 19.0 Å². The first kappa shape index (κ1) is 16.8. The summed E-state index contributed by atoms with van der Waals surface area (Å²) in [6.07, 6.45) is 3.78. The maximum absolute atomic E-state index is 12.1. The number of methoxy groups -OCH3 is 3. The van der Waals surface area contributed by atoms with E-state index in [1.165, 1.54) is 27.5 Å². The average Bonchev–Trinajstić information content (AvgIpc) is 3.37. The molecule has 1 aliphatic rings. The Morgan fingerprint density at radius 1 is 1.20 bits per heavy atom. The molecule has 1 aliphatic carbocycles. The van der Waals surface area contributed by atoms with E-state index in [4.69, 9.17) is 14.2 Å². The Balaban J connectivity index is 1.69. The predicted molar refractivity (Wildman–Crippen MR) is 91.7 cm³/mol. The molecule has 8 heteroatoms. The second-order valence-corrected chi connectivity index (χ2v) is 5.64. The third-order valence-corrected chi connectivity index (χ3v) is 3.91. The van der Waals surface area contributed by atoms with Crippen molar-refractivity contribution in [3.05, 3.63) is 35.2 Å². The summed E-state index contributed by atoms with van der Waals surface area (Å²) in [6.45, 7) is 0. The zero-order valence-corrected chi connectivity index (χ0v) is 14.3. The number of hydrogen-bond acceptors (Lipinski definition) is 6. The molecule has 1 amide bonds. The van der Waals surface area contributed by atoms with Gasteiger partial charge in [-0.3, -0.25) is 9.89 Å². The first-order valence-electron chi connectivity index (χ1n) is 7.85. The Bertz CT molecular complexity index is 771. The zero-order valence-electron chi connectivity index (χ0n) is 14.3. The van der Waals surface area contributed by atoms with E-state index in [0.717, 1.165) is 18.5 Å². The van der Waals surface area contributed by atoms with E-state index in [1.54, 1.807) is 18.2 Å². The average molecular weight is 344 g/mol. The normalized spacial score (nSPS) is 13.7. The number of rotatable bonds is 7. The van der Waals surface area contributed by atoms with Crippen LogP contribution in [-0.2, 0) is 0 Å². The van der Waals surface area contributed by atoms with Gasteiger partial charge in [-0.1, -0.05) is 0 Å². The van der Waals surface area contributed by atoms with Crippen molar-refractivity contribution >= 4 is 12.1 Å². The summed E-state index contributed by atoms with van der Waals surface area (Å²) in [5.41, 5.74) is 4.47. The first-order valence-corrected chi connectivity index (χ1v) is 7.85. The minimum atomic E-state index is -0.369. The second kappa shape index (κ2) is 7.25. The number of aromatic nitrogens is 2. The topological polar surface area (TPSA) is 97.8 Å². The highest BCUT2D eigenvalue weighted by Gasteiger charge is 2.26. The van der Waals surface area contributed by atoms with Crippen molar-refractivity contribution in [2.75, 3.05) is 21.3 Å². The quantitative estimate of drug-likeness (QED) is 0.592. The lowest BCUT2D eigenvalue weighted by molar-refractivity contribution is 0.0950. The van der Waals surface area contributed by atoms with Gasteiger partial charge < -0.3 is 14.2 Å². The molecule has 132 valence electrons. The Morgan fingerprint density at radius 3 is 2.44 bits per heavy atom. The second-order valence-electron chi connectivity index (χ2n) is 5.64. The maximum Gasteiger partial charge on any atom is 0.291 e. The molecule has 0 aliphatic heterocycles. The molecule has 1 saturated carbocycles. The van der Waals surface area contributed by atoms with Crippen LogP contribution in [0.1, 0.15) is 40.5 Å². The Kier molecular flexibility index (Phi) is 4.87. The maximum atomic E-state index is 12.1. The van der Waals surface area contributed by atoms with Crippen LogP contribution in [-0.4, -0.2) is 43.6 Å². The lowest BCUT2D eigenvalue weighted by atomic mass is 10.2. The molecule has 0 atom stereocenters. The highest BCUT2D eigenvalue weighted by molar-refractivity contribution is 5.93. The van der Waals surface area contributed by atoms with Gasteiger partial charge in [-0.25, -0.2) is 5.43 Å². The van der Waals surface area contributed by atoms with E-state index in [0.29, 0.717) is 34.4 Å². The fraction of sp³-hybridized carbons (Fsp3) is 0.353. The molecule has 0 saturated heterocycles. The van der Waals surface area contributed by atoms with Gasteiger partial charge in [0.25, 0.3) is 5.91 Å². The summed E-state index contributed by atoms with van der Waals surface area (Å²) in [5, 5.41) is 10.9. The van der Waals surface area contributed by atoms with Crippen molar-refractivity contribution in [3.63, 3.8) is 0 Å². The molecule has 1 aromatic heterocycles. The monoisotopic (exact) mass is 344 g/mol. The van der Waals surface area contributed by atoms with Gasteiger partial charge >= 0.3 is 0 Å². The summed E-state index contributed by atoms with van der Waals surface area (Å²) < 4.78 is 15.8. The van der Waals surface area contributed by atoms with Gasteiger partial charge in [0, 0.05) is 17.2 Å². The van der Waals surface area contributed by atoms with Gasteiger partial charge in [-0.05, 0) is 31.0 Å². The van der Waals surface area contributed by atoms with Crippen molar-refractivity contribution in [1.82, 2.24) is 15.6 Å². The van der Waals surface area contributed by atoms with Crippen LogP contribution in [0.25, 0.3) is 0 Å². The van der Waals surface area contributed by atoms with E-state index in [9.17, 15) is 4.79 Å². The van der Waals surface area contributed by atoms with Gasteiger partial charge in [0.2, 0.25) is 5.75 Å². The summed E-state index contributed by atoms with van der Waals surface area (Å²) in [7, 11) is 4.61. The number of amides is 1. The predicted octanol–water partition coefficient (Wildman–Crippen LogP) is 2.08. The fourth-order valence-corrected chi connectivity index (χ4v) is 2.46. The van der Waals surface area contributed by atoms with Gasteiger partial charge in [0.05, 0.1) is 27.5 Å². The number of aromatic amines is 1. The molecule has 1 fully saturated rings. The van der Waals surface area contributed by atoms with E-state index in [2.05, 4.69) is 20.7 Å². The number of ether oxygens (including phenoxy) is 3. The number of nitrogens with one attached hydrogen (secondary N) is 2. The van der Waals surface area contributed by atoms with Crippen molar-refractivity contribution in [2.45, 2.75) is 18.8 Å². The van der Waals surface area contributed by atoms with Gasteiger partial charge in [0.1, 0.15) is 0 Å². The molecule has 1 heterocycles. The largest absolute Gasteiger partial charge is 0.493 e. The van der Waals surface area contributed by atoms with Crippen LogP contribution in [0, 0.1) is 0 Å². The van der Waals surface area contributed by atoms with E-state index < -0.39 is 0 Å². The summed E-state index contributed by atoms with van der Waals surface area (Å²) in [6, 6.07) is 5.23. The molecule has 25 heavy (non-hydrogen) atoms. The lowest BCUT2D eigenvalue weighted by Gasteiger charge is -2.12. The highest BCUT2D eigenvalue weighted by Crippen LogP contribution is 2.39. The Hall–Kier alpha value is -3.03. The number of hydrogen-bond donors (Lipinski definition) is 2. The first-order chi connectivity index (χ1) is 12.2. The molecule has 0 bridgehead atoms. The highest BCUT2D eigenvalue weighted by atomic mass is 16.5. The molecular weight excluding hydrogens is 324 g/mol. The zero-order chi connectivity index (χ0) is 17.8. The number of carbonyl (C=O) groups excluding carboxylic acids is 1. The summed E-state index contributed by atoms with van der Waals surface area (Å²) >= 11 is 0. The lowest BCUT2D eigenvalue weighted by Crippen LogP contribution is -2.18. The molecule has 3 rings (SSSR count). The SMILES string of the molecule is COc1cc(/C=N\NC(=O)c2cc(C3CC3)[nH]n2)cc(OC)c1OC. The van der Waals surface area contributed by atoms with Crippen LogP contribution in [0.15, 0.2) is 23.3 Å². The van der Waals surface area contributed by atoms with Crippen LogP contribution in [0.2, 0.25) is 0 Å². The minimum Gasteiger partial charge on any atom is -0.493 e. The number of carbonyl (C=O) groups is 1. The molecule has 0 radical (unpaired) electrons.